The Labute approximate surface area is 104 Å². The fourth-order valence-corrected chi connectivity index (χ4v) is 1.92. The van der Waals surface area contributed by atoms with Gasteiger partial charge in [0.1, 0.15) is 0 Å². The van der Waals surface area contributed by atoms with Gasteiger partial charge in [-0.05, 0) is 6.54 Å². The van der Waals surface area contributed by atoms with E-state index in [1.54, 1.807) is 11.9 Å². The van der Waals surface area contributed by atoms with Crippen molar-refractivity contribution in [1.29, 1.82) is 5.26 Å². The summed E-state index contributed by atoms with van der Waals surface area (Å²) in [5.41, 5.74) is 0. The fourth-order valence-electron chi connectivity index (χ4n) is 1.92. The molecule has 0 spiro atoms. The lowest BCUT2D eigenvalue weighted by molar-refractivity contribution is -0.131. The van der Waals surface area contributed by atoms with Crippen LogP contribution in [0.4, 0.5) is 0 Å². The summed E-state index contributed by atoms with van der Waals surface area (Å²) in [6, 6.07) is 2.06. The zero-order valence-electron chi connectivity index (χ0n) is 10.9. The van der Waals surface area contributed by atoms with Crippen LogP contribution in [0.1, 0.15) is 13.3 Å². The molecular formula is C12H22N4O. The molecule has 96 valence electrons. The van der Waals surface area contributed by atoms with Crippen molar-refractivity contribution < 1.29 is 4.79 Å². The summed E-state index contributed by atoms with van der Waals surface area (Å²) in [5, 5.41) is 8.47. The minimum atomic E-state index is 0.116. The Morgan fingerprint density at radius 3 is 2.41 bits per heavy atom. The molecule has 17 heavy (non-hydrogen) atoms. The maximum atomic E-state index is 11.8. The van der Waals surface area contributed by atoms with Crippen molar-refractivity contribution in [1.82, 2.24) is 14.7 Å². The molecule has 0 saturated carbocycles. The first-order valence-corrected chi connectivity index (χ1v) is 6.23. The van der Waals surface area contributed by atoms with Gasteiger partial charge in [0.05, 0.1) is 19.0 Å². The van der Waals surface area contributed by atoms with Gasteiger partial charge in [-0.2, -0.15) is 5.26 Å². The van der Waals surface area contributed by atoms with Gasteiger partial charge in [0.15, 0.2) is 0 Å². The molecule has 0 aromatic rings. The number of piperazine rings is 1. The molecule has 0 radical (unpaired) electrons. The number of rotatable bonds is 5. The second kappa shape index (κ2) is 7.25. The predicted molar refractivity (Wildman–Crippen MR) is 66.4 cm³/mol. The van der Waals surface area contributed by atoms with E-state index in [4.69, 9.17) is 5.26 Å². The third kappa shape index (κ3) is 4.72. The molecule has 0 bridgehead atoms. The second-order valence-corrected chi connectivity index (χ2v) is 4.43. The van der Waals surface area contributed by atoms with Gasteiger partial charge in [-0.15, -0.1) is 0 Å². The van der Waals surface area contributed by atoms with Crippen LogP contribution in [0.5, 0.6) is 0 Å². The molecule has 1 fully saturated rings. The zero-order chi connectivity index (χ0) is 12.7. The number of amides is 1. The summed E-state index contributed by atoms with van der Waals surface area (Å²) in [5.74, 6) is 0.116. The van der Waals surface area contributed by atoms with Crippen LogP contribution in [0.3, 0.4) is 0 Å². The fraction of sp³-hybridized carbons (Fsp3) is 0.833. The van der Waals surface area contributed by atoms with Crippen LogP contribution in [-0.4, -0.2) is 73.5 Å². The van der Waals surface area contributed by atoms with Crippen molar-refractivity contribution in [2.45, 2.75) is 13.3 Å². The highest BCUT2D eigenvalue weighted by Gasteiger charge is 2.19. The van der Waals surface area contributed by atoms with Crippen LogP contribution >= 0.6 is 0 Å². The van der Waals surface area contributed by atoms with Crippen molar-refractivity contribution in [2.75, 3.05) is 52.9 Å². The number of hydrogen-bond acceptors (Lipinski definition) is 4. The Morgan fingerprint density at radius 1 is 1.29 bits per heavy atom. The Bertz CT molecular complexity index is 279. The van der Waals surface area contributed by atoms with Crippen LogP contribution in [0.25, 0.3) is 0 Å². The Hall–Kier alpha value is -1.12. The van der Waals surface area contributed by atoms with Gasteiger partial charge in [-0.3, -0.25) is 9.69 Å². The number of carbonyl (C=O) groups excluding carboxylic acids is 1. The maximum absolute atomic E-state index is 11.8. The van der Waals surface area contributed by atoms with Crippen molar-refractivity contribution in [3.05, 3.63) is 0 Å². The Balaban J connectivity index is 2.25. The monoisotopic (exact) mass is 238 g/mol. The average molecular weight is 238 g/mol. The van der Waals surface area contributed by atoms with Crippen molar-refractivity contribution in [3.8, 4) is 6.07 Å². The summed E-state index contributed by atoms with van der Waals surface area (Å²) < 4.78 is 0. The van der Waals surface area contributed by atoms with E-state index >= 15 is 0 Å². The third-order valence-electron chi connectivity index (χ3n) is 3.26. The molecule has 1 amide bonds. The quantitative estimate of drug-likeness (QED) is 0.676. The first-order valence-electron chi connectivity index (χ1n) is 6.23. The van der Waals surface area contributed by atoms with Gasteiger partial charge in [0.2, 0.25) is 5.91 Å². The molecule has 5 nitrogen and oxygen atoms in total. The summed E-state index contributed by atoms with van der Waals surface area (Å²) >= 11 is 0. The standard InChI is InChI=1S/C12H22N4O/c1-3-15-7-9-16(10-8-15)11-12(17)14(2)6-4-5-13/h3-4,6-11H2,1-2H3. The number of nitrogens with zero attached hydrogens (tertiary/aromatic N) is 4. The minimum Gasteiger partial charge on any atom is -0.344 e. The van der Waals surface area contributed by atoms with E-state index in [-0.39, 0.29) is 5.91 Å². The molecule has 0 aromatic heterocycles. The lowest BCUT2D eigenvalue weighted by atomic mass is 10.3. The van der Waals surface area contributed by atoms with Crippen LogP contribution in [-0.2, 0) is 4.79 Å². The maximum Gasteiger partial charge on any atom is 0.236 e. The molecular weight excluding hydrogens is 216 g/mol. The number of hydrogen-bond donors (Lipinski definition) is 0. The molecule has 1 aliphatic rings. The average Bonchev–Trinajstić information content (AvgIpc) is 2.36. The molecule has 0 aliphatic carbocycles. The molecule has 1 rings (SSSR count). The highest BCUT2D eigenvalue weighted by atomic mass is 16.2. The van der Waals surface area contributed by atoms with Crippen molar-refractivity contribution in [3.63, 3.8) is 0 Å². The van der Waals surface area contributed by atoms with E-state index in [0.29, 0.717) is 19.5 Å². The van der Waals surface area contributed by atoms with Crippen molar-refractivity contribution in [2.24, 2.45) is 0 Å². The normalized spacial score (nSPS) is 17.7. The molecule has 1 aliphatic heterocycles. The first kappa shape index (κ1) is 13.9. The zero-order valence-corrected chi connectivity index (χ0v) is 10.9. The van der Waals surface area contributed by atoms with Gasteiger partial charge >= 0.3 is 0 Å². The molecule has 0 N–H and O–H groups in total. The number of carbonyl (C=O) groups is 1. The van der Waals surface area contributed by atoms with Gasteiger partial charge in [0.25, 0.3) is 0 Å². The van der Waals surface area contributed by atoms with Gasteiger partial charge in [-0.1, -0.05) is 6.92 Å². The van der Waals surface area contributed by atoms with Crippen LogP contribution in [0.2, 0.25) is 0 Å². The van der Waals surface area contributed by atoms with E-state index in [1.165, 1.54) is 0 Å². The van der Waals surface area contributed by atoms with Crippen LogP contribution in [0, 0.1) is 11.3 Å². The van der Waals surface area contributed by atoms with Gasteiger partial charge in [-0.25, -0.2) is 0 Å². The largest absolute Gasteiger partial charge is 0.344 e. The number of likely N-dealkylation sites (N-methyl/N-ethyl adjacent to an activating group) is 2. The summed E-state index contributed by atoms with van der Waals surface area (Å²) in [6.07, 6.45) is 0.409. The third-order valence-corrected chi connectivity index (χ3v) is 3.26. The topological polar surface area (TPSA) is 50.6 Å². The number of nitriles is 1. The van der Waals surface area contributed by atoms with Gasteiger partial charge < -0.3 is 9.80 Å². The van der Waals surface area contributed by atoms with E-state index < -0.39 is 0 Å². The highest BCUT2D eigenvalue weighted by molar-refractivity contribution is 5.78. The smallest absolute Gasteiger partial charge is 0.236 e. The van der Waals surface area contributed by atoms with Crippen LogP contribution < -0.4 is 0 Å². The van der Waals surface area contributed by atoms with Gasteiger partial charge in [0, 0.05) is 39.8 Å². The molecule has 0 atom stereocenters. The highest BCUT2D eigenvalue weighted by Crippen LogP contribution is 2.01. The molecule has 0 unspecified atom stereocenters. The Morgan fingerprint density at radius 2 is 1.88 bits per heavy atom. The van der Waals surface area contributed by atoms with E-state index in [2.05, 4.69) is 22.8 Å². The van der Waals surface area contributed by atoms with Crippen LogP contribution in [0.15, 0.2) is 0 Å². The molecule has 5 heteroatoms. The molecule has 1 heterocycles. The lowest BCUT2D eigenvalue weighted by Crippen LogP contribution is -2.49. The minimum absolute atomic E-state index is 0.116. The molecule has 0 aromatic carbocycles. The summed E-state index contributed by atoms with van der Waals surface area (Å²) in [6.45, 7) is 8.29. The second-order valence-electron chi connectivity index (χ2n) is 4.43. The van der Waals surface area contributed by atoms with E-state index in [9.17, 15) is 4.79 Å². The predicted octanol–water partition coefficient (Wildman–Crippen LogP) is -0.00402. The Kier molecular flexibility index (Phi) is 5.95. The van der Waals surface area contributed by atoms with E-state index in [1.807, 2.05) is 0 Å². The first-order chi connectivity index (χ1) is 8.17. The summed E-state index contributed by atoms with van der Waals surface area (Å²) in [4.78, 5) is 18.1. The van der Waals surface area contributed by atoms with Crippen molar-refractivity contribution >= 4 is 5.91 Å². The lowest BCUT2D eigenvalue weighted by Gasteiger charge is -2.34. The summed E-state index contributed by atoms with van der Waals surface area (Å²) in [7, 11) is 1.77. The SMILES string of the molecule is CCN1CCN(CC(=O)N(C)CCC#N)CC1. The molecule has 1 saturated heterocycles. The van der Waals surface area contributed by atoms with E-state index in [0.717, 1.165) is 32.7 Å².